The fraction of sp³-hybridized carbons (Fsp3) is 0.0435. The zero-order valence-corrected chi connectivity index (χ0v) is 22.0. The van der Waals surface area contributed by atoms with Gasteiger partial charge in [-0.15, -0.1) is 0 Å². The highest BCUT2D eigenvalue weighted by atomic mass is 79.9. The van der Waals surface area contributed by atoms with Gasteiger partial charge >= 0.3 is 0 Å². The molecule has 0 spiro atoms. The molecule has 0 unspecified atom stereocenters. The number of rotatable bonds is 5. The van der Waals surface area contributed by atoms with Crippen molar-refractivity contribution in [2.45, 2.75) is 6.61 Å². The molecule has 0 aliphatic carbocycles. The molecule has 10 heteroatoms. The lowest BCUT2D eigenvalue weighted by Gasteiger charge is -2.14. The lowest BCUT2D eigenvalue weighted by atomic mass is 10.2. The minimum absolute atomic E-state index is 0.0883. The predicted octanol–water partition coefficient (Wildman–Crippen LogP) is 8.13. The number of amides is 1. The molecule has 0 N–H and O–H groups in total. The molecule has 1 aliphatic rings. The van der Waals surface area contributed by atoms with Crippen LogP contribution in [0.15, 0.2) is 68.4 Å². The molecule has 0 radical (unpaired) electrons. The SMILES string of the molecule is O=C1/C(=C\c2cc(Br)c(OCc3ccc(F)cc3)c(Br)c2)SC(=S)N1c1ccc(F)c(Cl)c1. The lowest BCUT2D eigenvalue weighted by Crippen LogP contribution is -2.27. The molecule has 33 heavy (non-hydrogen) atoms. The maximum absolute atomic E-state index is 13.5. The van der Waals surface area contributed by atoms with E-state index < -0.39 is 5.82 Å². The van der Waals surface area contributed by atoms with Gasteiger partial charge in [-0.3, -0.25) is 9.69 Å². The molecular formula is C23H12Br2ClF2NO2S2. The number of thiocarbonyl (C=S) groups is 1. The average Bonchev–Trinajstić information content (AvgIpc) is 3.03. The van der Waals surface area contributed by atoms with Crippen molar-refractivity contribution in [3.8, 4) is 5.75 Å². The Morgan fingerprint density at radius 1 is 1.06 bits per heavy atom. The van der Waals surface area contributed by atoms with Gasteiger partial charge in [-0.1, -0.05) is 47.7 Å². The molecule has 0 atom stereocenters. The van der Waals surface area contributed by atoms with Crippen molar-refractivity contribution in [1.82, 2.24) is 0 Å². The zero-order valence-electron chi connectivity index (χ0n) is 16.5. The van der Waals surface area contributed by atoms with Crippen LogP contribution in [-0.4, -0.2) is 10.2 Å². The molecule has 1 heterocycles. The number of nitrogens with zero attached hydrogens (tertiary/aromatic N) is 1. The molecule has 1 saturated heterocycles. The largest absolute Gasteiger partial charge is 0.487 e. The maximum Gasteiger partial charge on any atom is 0.270 e. The molecule has 1 fully saturated rings. The molecule has 0 bridgehead atoms. The van der Waals surface area contributed by atoms with E-state index in [-0.39, 0.29) is 23.4 Å². The van der Waals surface area contributed by atoms with Gasteiger partial charge in [-0.05, 0) is 91.5 Å². The van der Waals surface area contributed by atoms with E-state index in [2.05, 4.69) is 31.9 Å². The fourth-order valence-electron chi connectivity index (χ4n) is 3.00. The number of benzene rings is 3. The highest BCUT2D eigenvalue weighted by Gasteiger charge is 2.33. The Balaban J connectivity index is 1.55. The molecule has 0 aromatic heterocycles. The van der Waals surface area contributed by atoms with Gasteiger partial charge in [0.25, 0.3) is 5.91 Å². The number of carbonyl (C=O) groups is 1. The molecule has 1 amide bonds. The summed E-state index contributed by atoms with van der Waals surface area (Å²) in [5.74, 6) is -0.627. The molecule has 3 aromatic rings. The van der Waals surface area contributed by atoms with Crippen LogP contribution in [0.4, 0.5) is 14.5 Å². The van der Waals surface area contributed by atoms with Crippen LogP contribution in [0.5, 0.6) is 5.75 Å². The first-order chi connectivity index (χ1) is 15.7. The monoisotopic (exact) mass is 629 g/mol. The summed E-state index contributed by atoms with van der Waals surface area (Å²) in [6, 6.07) is 13.7. The standard InChI is InChI=1S/C23H12Br2ClF2NO2S2/c24-16-7-13(8-17(25)21(16)31-11-12-1-3-14(27)4-2-12)9-20-22(30)29(23(32)33-20)15-5-6-19(28)18(26)10-15/h1-10H,11H2/b20-9+. The minimum atomic E-state index is -0.571. The number of halogens is 5. The van der Waals surface area contributed by atoms with Crippen molar-refractivity contribution in [1.29, 1.82) is 0 Å². The summed E-state index contributed by atoms with van der Waals surface area (Å²) in [6.07, 6.45) is 1.71. The Bertz CT molecular complexity index is 1280. The quantitative estimate of drug-likeness (QED) is 0.210. The minimum Gasteiger partial charge on any atom is -0.487 e. The molecule has 168 valence electrons. The van der Waals surface area contributed by atoms with Gasteiger partial charge in [0.1, 0.15) is 24.0 Å². The predicted molar refractivity (Wildman–Crippen MR) is 140 cm³/mol. The third-order valence-electron chi connectivity index (χ3n) is 4.57. The summed E-state index contributed by atoms with van der Waals surface area (Å²) >= 11 is 19.4. The summed E-state index contributed by atoms with van der Waals surface area (Å²) in [6.45, 7) is 0.260. The van der Waals surface area contributed by atoms with Crippen LogP contribution in [0.25, 0.3) is 6.08 Å². The van der Waals surface area contributed by atoms with Crippen molar-refractivity contribution in [2.24, 2.45) is 0 Å². The molecule has 0 saturated carbocycles. The number of hydrogen-bond acceptors (Lipinski definition) is 4. The summed E-state index contributed by atoms with van der Waals surface area (Å²) < 4.78 is 34.1. The van der Waals surface area contributed by atoms with E-state index >= 15 is 0 Å². The van der Waals surface area contributed by atoms with Crippen molar-refractivity contribution >= 4 is 89.4 Å². The van der Waals surface area contributed by atoms with Gasteiger partial charge in [-0.2, -0.15) is 0 Å². The average molecular weight is 632 g/mol. The van der Waals surface area contributed by atoms with E-state index in [4.69, 9.17) is 28.6 Å². The fourth-order valence-corrected chi connectivity index (χ4v) is 5.93. The van der Waals surface area contributed by atoms with Crippen LogP contribution in [0.3, 0.4) is 0 Å². The number of hydrogen-bond donors (Lipinski definition) is 0. The Hall–Kier alpha value is -1.78. The first kappa shape index (κ1) is 24.3. The maximum atomic E-state index is 13.5. The van der Waals surface area contributed by atoms with Gasteiger partial charge in [0.05, 0.1) is 24.6 Å². The number of ether oxygens (including phenoxy) is 1. The summed E-state index contributed by atoms with van der Waals surface area (Å²) in [7, 11) is 0. The van der Waals surface area contributed by atoms with Gasteiger partial charge in [0, 0.05) is 0 Å². The second-order valence-corrected chi connectivity index (χ2v) is 10.6. The van der Waals surface area contributed by atoms with Crippen LogP contribution in [0.1, 0.15) is 11.1 Å². The van der Waals surface area contributed by atoms with Gasteiger partial charge < -0.3 is 4.74 Å². The Morgan fingerprint density at radius 3 is 2.36 bits per heavy atom. The smallest absolute Gasteiger partial charge is 0.270 e. The lowest BCUT2D eigenvalue weighted by molar-refractivity contribution is -0.113. The first-order valence-corrected chi connectivity index (χ1v) is 12.5. The van der Waals surface area contributed by atoms with Crippen LogP contribution >= 0.6 is 67.4 Å². The highest BCUT2D eigenvalue weighted by Crippen LogP contribution is 2.40. The second kappa shape index (κ2) is 10.2. The molecule has 3 nitrogen and oxygen atoms in total. The second-order valence-electron chi connectivity index (χ2n) is 6.84. The highest BCUT2D eigenvalue weighted by molar-refractivity contribution is 9.11. The third-order valence-corrected chi connectivity index (χ3v) is 7.34. The summed E-state index contributed by atoms with van der Waals surface area (Å²) in [5.41, 5.74) is 1.96. The van der Waals surface area contributed by atoms with Crippen LogP contribution in [0, 0.1) is 11.6 Å². The normalized spacial score (nSPS) is 14.9. The van der Waals surface area contributed by atoms with Gasteiger partial charge in [0.15, 0.2) is 4.32 Å². The molecular weight excluding hydrogens is 620 g/mol. The van der Waals surface area contributed by atoms with Crippen LogP contribution < -0.4 is 9.64 Å². The van der Waals surface area contributed by atoms with E-state index in [1.807, 2.05) is 12.1 Å². The molecule has 1 aliphatic heterocycles. The first-order valence-electron chi connectivity index (χ1n) is 9.32. The van der Waals surface area contributed by atoms with E-state index in [0.29, 0.717) is 29.6 Å². The number of anilines is 1. The summed E-state index contributed by atoms with van der Waals surface area (Å²) in [5, 5.41) is -0.0883. The van der Waals surface area contributed by atoms with Crippen LogP contribution in [0.2, 0.25) is 5.02 Å². The van der Waals surface area contributed by atoms with E-state index in [9.17, 15) is 13.6 Å². The van der Waals surface area contributed by atoms with Crippen molar-refractivity contribution in [3.63, 3.8) is 0 Å². The van der Waals surface area contributed by atoms with Gasteiger partial charge in [0.2, 0.25) is 0 Å². The van der Waals surface area contributed by atoms with Crippen LogP contribution in [-0.2, 0) is 11.4 Å². The Kier molecular flexibility index (Phi) is 7.55. The Labute approximate surface area is 220 Å². The van der Waals surface area contributed by atoms with E-state index in [1.54, 1.807) is 18.2 Å². The topological polar surface area (TPSA) is 29.5 Å². The number of carbonyl (C=O) groups excluding carboxylic acids is 1. The number of thioether (sulfide) groups is 1. The Morgan fingerprint density at radius 2 is 1.73 bits per heavy atom. The van der Waals surface area contributed by atoms with Crippen molar-refractivity contribution < 1.29 is 18.3 Å². The van der Waals surface area contributed by atoms with Gasteiger partial charge in [-0.25, -0.2) is 8.78 Å². The third kappa shape index (κ3) is 5.49. The summed E-state index contributed by atoms with van der Waals surface area (Å²) in [4.78, 5) is 14.7. The zero-order chi connectivity index (χ0) is 23.7. The van der Waals surface area contributed by atoms with Crippen molar-refractivity contribution in [2.75, 3.05) is 4.90 Å². The van der Waals surface area contributed by atoms with E-state index in [0.717, 1.165) is 22.9 Å². The van der Waals surface area contributed by atoms with Crippen molar-refractivity contribution in [3.05, 3.63) is 96.2 Å². The van der Waals surface area contributed by atoms with E-state index in [1.165, 1.54) is 35.2 Å². The molecule has 3 aromatic carbocycles. The molecule has 4 rings (SSSR count).